The van der Waals surface area contributed by atoms with Gasteiger partial charge in [0, 0.05) is 0 Å². The number of hydrogen-bond donors (Lipinski definition) is 0. The van der Waals surface area contributed by atoms with Crippen LogP contribution in [-0.2, 0) is 26.2 Å². The summed E-state index contributed by atoms with van der Waals surface area (Å²) in [6, 6.07) is 15.0. The fraction of sp³-hybridized carbons (Fsp3) is 0. The van der Waals surface area contributed by atoms with Gasteiger partial charge in [-0.2, -0.15) is 36.4 Å². The van der Waals surface area contributed by atoms with Crippen molar-refractivity contribution < 1.29 is 26.2 Å². The standard InChI is InChI=1S/2C5H4Cl.Zr/c2*6-5-3-1-2-4-5;/h2*1-4H;/q2*-1;+2. The van der Waals surface area contributed by atoms with Crippen LogP contribution in [0.3, 0.4) is 0 Å². The summed E-state index contributed by atoms with van der Waals surface area (Å²) in [5, 5.41) is 1.63. The van der Waals surface area contributed by atoms with E-state index in [2.05, 4.69) is 0 Å². The largest absolute Gasteiger partial charge is 2.00 e. The van der Waals surface area contributed by atoms with Crippen LogP contribution in [0, 0.1) is 0 Å². The van der Waals surface area contributed by atoms with Crippen molar-refractivity contribution in [2.24, 2.45) is 0 Å². The van der Waals surface area contributed by atoms with Crippen LogP contribution in [0.5, 0.6) is 0 Å². The third-order valence-electron chi connectivity index (χ3n) is 1.24. The van der Waals surface area contributed by atoms with Gasteiger partial charge in [0.2, 0.25) is 0 Å². The maximum atomic E-state index is 5.46. The third-order valence-corrected chi connectivity index (χ3v) is 1.75. The average Bonchev–Trinajstić information content (AvgIpc) is 2.63. The van der Waals surface area contributed by atoms with Gasteiger partial charge in [-0.25, -0.2) is 12.1 Å². The molecule has 2 aromatic rings. The predicted molar refractivity (Wildman–Crippen MR) is 54.1 cm³/mol. The van der Waals surface area contributed by atoms with Gasteiger partial charge < -0.3 is 0 Å². The predicted octanol–water partition coefficient (Wildman–Crippen LogP) is 4.12. The summed E-state index contributed by atoms with van der Waals surface area (Å²) in [6.07, 6.45) is 0. The summed E-state index contributed by atoms with van der Waals surface area (Å²) in [6.45, 7) is 0. The molecule has 13 heavy (non-hydrogen) atoms. The van der Waals surface area contributed by atoms with Crippen LogP contribution in [0.15, 0.2) is 48.5 Å². The Morgan fingerprint density at radius 1 is 0.846 bits per heavy atom. The van der Waals surface area contributed by atoms with E-state index in [-0.39, 0.29) is 26.2 Å². The van der Waals surface area contributed by atoms with Gasteiger partial charge in [0.1, 0.15) is 0 Å². The van der Waals surface area contributed by atoms with Crippen LogP contribution in [0.4, 0.5) is 0 Å². The molecular weight excluding hydrogens is 282 g/mol. The molecule has 0 radical (unpaired) electrons. The zero-order chi connectivity index (χ0) is 8.81. The molecule has 0 atom stereocenters. The fourth-order valence-electron chi connectivity index (χ4n) is 0.701. The van der Waals surface area contributed by atoms with Crippen molar-refractivity contribution >= 4 is 23.2 Å². The number of rotatable bonds is 0. The normalized spacial score (nSPS) is 8.15. The van der Waals surface area contributed by atoms with Gasteiger partial charge in [0.05, 0.1) is 0 Å². The Labute approximate surface area is 107 Å². The van der Waals surface area contributed by atoms with Gasteiger partial charge in [-0.15, -0.1) is 23.2 Å². The van der Waals surface area contributed by atoms with Crippen molar-refractivity contribution in [1.82, 2.24) is 0 Å². The molecule has 2 aromatic carbocycles. The first kappa shape index (κ1) is 13.2. The van der Waals surface area contributed by atoms with E-state index in [4.69, 9.17) is 23.2 Å². The van der Waals surface area contributed by atoms with Crippen LogP contribution in [0.2, 0.25) is 10.0 Å². The minimum absolute atomic E-state index is 0. The van der Waals surface area contributed by atoms with Crippen molar-refractivity contribution in [1.29, 1.82) is 0 Å². The van der Waals surface area contributed by atoms with Crippen LogP contribution >= 0.6 is 23.2 Å². The van der Waals surface area contributed by atoms with E-state index >= 15 is 0 Å². The second-order valence-electron chi connectivity index (χ2n) is 2.21. The van der Waals surface area contributed by atoms with Crippen molar-refractivity contribution in [2.45, 2.75) is 0 Å². The molecule has 0 aliphatic rings. The van der Waals surface area contributed by atoms with Gasteiger partial charge in [0.15, 0.2) is 0 Å². The Hall–Kier alpha value is 0.163. The zero-order valence-electron chi connectivity index (χ0n) is 6.87. The first-order valence-electron chi connectivity index (χ1n) is 3.53. The van der Waals surface area contributed by atoms with Gasteiger partial charge in [-0.1, -0.05) is 10.0 Å². The SMILES string of the molecule is Clc1ccc[cH-]1.Clc1ccc[cH-]1.[Zr+2]. The van der Waals surface area contributed by atoms with Gasteiger partial charge in [0.25, 0.3) is 0 Å². The summed E-state index contributed by atoms with van der Waals surface area (Å²) in [4.78, 5) is 0. The van der Waals surface area contributed by atoms with Crippen LogP contribution in [0.1, 0.15) is 0 Å². The Balaban J connectivity index is 0.000000206. The van der Waals surface area contributed by atoms with Crippen LogP contribution in [0.25, 0.3) is 0 Å². The summed E-state index contributed by atoms with van der Waals surface area (Å²) < 4.78 is 0. The quantitative estimate of drug-likeness (QED) is 0.640. The zero-order valence-corrected chi connectivity index (χ0v) is 10.8. The second-order valence-corrected chi connectivity index (χ2v) is 3.08. The minimum atomic E-state index is 0. The molecule has 0 aliphatic heterocycles. The van der Waals surface area contributed by atoms with Crippen molar-refractivity contribution in [3.63, 3.8) is 0 Å². The van der Waals surface area contributed by atoms with Gasteiger partial charge in [-0.3, -0.25) is 0 Å². The maximum Gasteiger partial charge on any atom is 2.00 e. The van der Waals surface area contributed by atoms with Gasteiger partial charge in [-0.05, 0) is 0 Å². The topological polar surface area (TPSA) is 0 Å². The Morgan fingerprint density at radius 2 is 1.23 bits per heavy atom. The summed E-state index contributed by atoms with van der Waals surface area (Å²) in [5.41, 5.74) is 0. The minimum Gasteiger partial charge on any atom is -0.212 e. The fourth-order valence-corrected chi connectivity index (χ4v) is 0.992. The van der Waals surface area contributed by atoms with Crippen LogP contribution in [-0.4, -0.2) is 0 Å². The van der Waals surface area contributed by atoms with E-state index in [1.165, 1.54) is 0 Å². The molecule has 0 saturated carbocycles. The molecule has 0 N–H and O–H groups in total. The van der Waals surface area contributed by atoms with E-state index in [1.54, 1.807) is 0 Å². The van der Waals surface area contributed by atoms with Gasteiger partial charge >= 0.3 is 26.2 Å². The molecule has 0 spiro atoms. The van der Waals surface area contributed by atoms with Crippen molar-refractivity contribution in [2.75, 3.05) is 0 Å². The molecule has 0 amide bonds. The third kappa shape index (κ3) is 6.26. The number of hydrogen-bond acceptors (Lipinski definition) is 0. The molecule has 0 unspecified atom stereocenters. The first-order valence-corrected chi connectivity index (χ1v) is 4.29. The van der Waals surface area contributed by atoms with E-state index in [0.717, 1.165) is 10.0 Å². The van der Waals surface area contributed by atoms with Crippen molar-refractivity contribution in [3.05, 3.63) is 58.6 Å². The van der Waals surface area contributed by atoms with Crippen molar-refractivity contribution in [3.8, 4) is 0 Å². The maximum absolute atomic E-state index is 5.46. The Bertz CT molecular complexity index is 252. The molecule has 2 rings (SSSR count). The molecule has 66 valence electrons. The molecule has 0 aliphatic carbocycles. The smallest absolute Gasteiger partial charge is 0.212 e. The number of halogens is 2. The Kier molecular flexibility index (Phi) is 7.65. The molecule has 0 fully saturated rings. The molecular formula is C10H8Cl2Zr. The monoisotopic (exact) mass is 288 g/mol. The molecule has 0 heterocycles. The molecule has 0 bridgehead atoms. The molecule has 0 saturated heterocycles. The summed E-state index contributed by atoms with van der Waals surface area (Å²) in [5.74, 6) is 0. The van der Waals surface area contributed by atoms with E-state index < -0.39 is 0 Å². The van der Waals surface area contributed by atoms with E-state index in [0.29, 0.717) is 0 Å². The molecule has 0 nitrogen and oxygen atoms in total. The van der Waals surface area contributed by atoms with E-state index in [1.807, 2.05) is 48.5 Å². The molecule has 3 heteroatoms. The van der Waals surface area contributed by atoms with E-state index in [9.17, 15) is 0 Å². The molecule has 0 aromatic heterocycles. The second kappa shape index (κ2) is 7.56. The van der Waals surface area contributed by atoms with Crippen LogP contribution < -0.4 is 0 Å². The Morgan fingerprint density at radius 3 is 1.31 bits per heavy atom. The first-order chi connectivity index (χ1) is 5.79. The average molecular weight is 290 g/mol. The summed E-state index contributed by atoms with van der Waals surface area (Å²) >= 11 is 10.9. The summed E-state index contributed by atoms with van der Waals surface area (Å²) in [7, 11) is 0.